The monoisotopic (exact) mass is 300 g/mol. The van der Waals surface area contributed by atoms with Gasteiger partial charge in [-0.05, 0) is 24.3 Å². The van der Waals surface area contributed by atoms with E-state index in [4.69, 9.17) is 13.9 Å². The first kappa shape index (κ1) is 13.7. The number of hydrogen-bond acceptors (Lipinski definition) is 5. The predicted molar refractivity (Wildman–Crippen MR) is 76.4 cm³/mol. The third-order valence-corrected chi connectivity index (χ3v) is 2.85. The van der Waals surface area contributed by atoms with Crippen molar-refractivity contribution in [3.63, 3.8) is 0 Å². The van der Waals surface area contributed by atoms with Crippen molar-refractivity contribution in [3.8, 4) is 11.3 Å². The Labute approximate surface area is 125 Å². The van der Waals surface area contributed by atoms with Crippen molar-refractivity contribution in [2.45, 2.75) is 0 Å². The van der Waals surface area contributed by atoms with E-state index in [1.807, 2.05) is 12.1 Å². The number of ether oxygens (including phenoxy) is 2. The number of hydrogen-bond donors (Lipinski definition) is 2. The summed E-state index contributed by atoms with van der Waals surface area (Å²) < 4.78 is 14.9. The summed E-state index contributed by atoms with van der Waals surface area (Å²) in [6.07, 6.45) is 2.72. The fourth-order valence-corrected chi connectivity index (χ4v) is 1.88. The predicted octanol–water partition coefficient (Wildman–Crippen LogP) is 2.44. The van der Waals surface area contributed by atoms with Crippen molar-refractivity contribution >= 4 is 17.6 Å². The van der Waals surface area contributed by atoms with Gasteiger partial charge in [0.05, 0.1) is 6.26 Å². The number of carbonyl (C=O) groups excluding carboxylic acids is 2. The second kappa shape index (κ2) is 6.04. The number of carbonyl (C=O) groups is 2. The van der Waals surface area contributed by atoms with Crippen molar-refractivity contribution in [3.05, 3.63) is 54.7 Å². The molecule has 1 aromatic carbocycles. The normalized spacial score (nSPS) is 12.8. The van der Waals surface area contributed by atoms with Crippen LogP contribution in [0.1, 0.15) is 0 Å². The van der Waals surface area contributed by atoms with E-state index in [2.05, 4.69) is 10.6 Å². The SMILES string of the molecule is O=C(NC(=O)C1=COCO1)Nc1cccc(-c2ccco2)c1. The van der Waals surface area contributed by atoms with Crippen LogP contribution in [0.3, 0.4) is 0 Å². The van der Waals surface area contributed by atoms with Gasteiger partial charge in [0.25, 0.3) is 5.91 Å². The number of nitrogens with one attached hydrogen (secondary N) is 2. The van der Waals surface area contributed by atoms with Crippen LogP contribution < -0.4 is 10.6 Å². The smallest absolute Gasteiger partial charge is 0.326 e. The van der Waals surface area contributed by atoms with Gasteiger partial charge in [0, 0.05) is 11.3 Å². The summed E-state index contributed by atoms with van der Waals surface area (Å²) in [4.78, 5) is 23.4. The van der Waals surface area contributed by atoms with E-state index in [-0.39, 0.29) is 12.6 Å². The largest absolute Gasteiger partial charge is 0.464 e. The molecule has 22 heavy (non-hydrogen) atoms. The lowest BCUT2D eigenvalue weighted by molar-refractivity contribution is -0.119. The van der Waals surface area contributed by atoms with Gasteiger partial charge in [-0.25, -0.2) is 4.79 Å². The highest BCUT2D eigenvalue weighted by Crippen LogP contribution is 2.22. The summed E-state index contributed by atoms with van der Waals surface area (Å²) >= 11 is 0. The molecule has 0 spiro atoms. The zero-order valence-electron chi connectivity index (χ0n) is 11.4. The van der Waals surface area contributed by atoms with Gasteiger partial charge in [0.2, 0.25) is 12.6 Å². The first-order valence-corrected chi connectivity index (χ1v) is 6.43. The number of amides is 3. The fourth-order valence-electron chi connectivity index (χ4n) is 1.88. The molecule has 0 atom stereocenters. The number of furan rings is 1. The second-order valence-corrected chi connectivity index (χ2v) is 4.38. The number of benzene rings is 1. The van der Waals surface area contributed by atoms with E-state index >= 15 is 0 Å². The van der Waals surface area contributed by atoms with Crippen molar-refractivity contribution in [2.24, 2.45) is 0 Å². The molecule has 7 heteroatoms. The summed E-state index contributed by atoms with van der Waals surface area (Å²) in [5.41, 5.74) is 1.33. The number of rotatable bonds is 3. The fraction of sp³-hybridized carbons (Fsp3) is 0.0667. The minimum absolute atomic E-state index is 0.0322. The van der Waals surface area contributed by atoms with Gasteiger partial charge < -0.3 is 19.2 Å². The maximum absolute atomic E-state index is 11.8. The molecule has 1 aliphatic heterocycles. The summed E-state index contributed by atoms with van der Waals surface area (Å²) in [6, 6.07) is 9.97. The molecular weight excluding hydrogens is 288 g/mol. The van der Waals surface area contributed by atoms with Gasteiger partial charge in [-0.3, -0.25) is 10.1 Å². The van der Waals surface area contributed by atoms with Gasteiger partial charge in [-0.2, -0.15) is 0 Å². The van der Waals surface area contributed by atoms with Crippen LogP contribution in [0.5, 0.6) is 0 Å². The van der Waals surface area contributed by atoms with Crippen LogP contribution in [0.25, 0.3) is 11.3 Å². The third kappa shape index (κ3) is 3.09. The molecule has 0 aliphatic carbocycles. The molecule has 112 valence electrons. The summed E-state index contributed by atoms with van der Waals surface area (Å²) in [5.74, 6) is -0.0292. The summed E-state index contributed by atoms with van der Waals surface area (Å²) in [6.45, 7) is -0.0322. The number of urea groups is 1. The molecule has 0 saturated heterocycles. The number of anilines is 1. The third-order valence-electron chi connectivity index (χ3n) is 2.85. The summed E-state index contributed by atoms with van der Waals surface area (Å²) in [7, 11) is 0. The molecule has 0 bridgehead atoms. The van der Waals surface area contributed by atoms with Crippen molar-refractivity contribution in [2.75, 3.05) is 12.1 Å². The second-order valence-electron chi connectivity index (χ2n) is 4.38. The standard InChI is InChI=1S/C15H12N2O5/c18-14(13-8-20-9-22-13)17-15(19)16-11-4-1-3-10(7-11)12-5-2-6-21-12/h1-8H,9H2,(H2,16,17,18,19). The lowest BCUT2D eigenvalue weighted by atomic mass is 10.1. The first-order chi connectivity index (χ1) is 10.7. The van der Waals surface area contributed by atoms with Crippen molar-refractivity contribution < 1.29 is 23.5 Å². The molecule has 2 aromatic rings. The van der Waals surface area contributed by atoms with Crippen LogP contribution in [0.4, 0.5) is 10.5 Å². The quantitative estimate of drug-likeness (QED) is 0.908. The van der Waals surface area contributed by atoms with Gasteiger partial charge in [0.1, 0.15) is 12.0 Å². The highest BCUT2D eigenvalue weighted by Gasteiger charge is 2.18. The Kier molecular flexibility index (Phi) is 3.78. The Hall–Kier alpha value is -3.22. The van der Waals surface area contributed by atoms with Gasteiger partial charge in [0.15, 0.2) is 0 Å². The van der Waals surface area contributed by atoms with E-state index in [1.54, 1.807) is 30.5 Å². The Morgan fingerprint density at radius 1 is 1.14 bits per heavy atom. The van der Waals surface area contributed by atoms with Crippen LogP contribution in [0.2, 0.25) is 0 Å². The van der Waals surface area contributed by atoms with E-state index in [9.17, 15) is 9.59 Å². The Morgan fingerprint density at radius 3 is 2.77 bits per heavy atom. The Morgan fingerprint density at radius 2 is 2.05 bits per heavy atom. The van der Waals surface area contributed by atoms with Crippen LogP contribution in [0.15, 0.2) is 59.1 Å². The van der Waals surface area contributed by atoms with E-state index in [0.717, 1.165) is 11.8 Å². The highest BCUT2D eigenvalue weighted by molar-refractivity contribution is 6.06. The molecule has 0 unspecified atom stereocenters. The Balaban J connectivity index is 1.64. The zero-order valence-corrected chi connectivity index (χ0v) is 11.4. The molecule has 7 nitrogen and oxygen atoms in total. The van der Waals surface area contributed by atoms with Crippen LogP contribution in [-0.4, -0.2) is 18.7 Å². The zero-order chi connectivity index (χ0) is 15.4. The maximum atomic E-state index is 11.8. The maximum Gasteiger partial charge on any atom is 0.326 e. The molecule has 3 rings (SSSR count). The van der Waals surface area contributed by atoms with E-state index < -0.39 is 11.9 Å². The Bertz CT molecular complexity index is 721. The topological polar surface area (TPSA) is 89.8 Å². The molecule has 1 aliphatic rings. The average Bonchev–Trinajstić information content (AvgIpc) is 3.21. The molecule has 0 fully saturated rings. The average molecular weight is 300 g/mol. The van der Waals surface area contributed by atoms with E-state index in [0.29, 0.717) is 11.4 Å². The lowest BCUT2D eigenvalue weighted by Gasteiger charge is -2.07. The van der Waals surface area contributed by atoms with Crippen LogP contribution in [0, 0.1) is 0 Å². The minimum atomic E-state index is -0.669. The number of imide groups is 1. The van der Waals surface area contributed by atoms with Gasteiger partial charge in [-0.15, -0.1) is 0 Å². The molecule has 1 aromatic heterocycles. The molecular formula is C15H12N2O5. The molecule has 2 heterocycles. The van der Waals surface area contributed by atoms with Gasteiger partial charge in [-0.1, -0.05) is 12.1 Å². The molecule has 0 radical (unpaired) electrons. The lowest BCUT2D eigenvalue weighted by Crippen LogP contribution is -2.35. The molecule has 3 amide bonds. The van der Waals surface area contributed by atoms with Crippen LogP contribution in [-0.2, 0) is 14.3 Å². The highest BCUT2D eigenvalue weighted by atomic mass is 16.7. The molecule has 2 N–H and O–H groups in total. The summed E-state index contributed by atoms with van der Waals surface area (Å²) in [5, 5.41) is 4.70. The first-order valence-electron chi connectivity index (χ1n) is 6.43. The van der Waals surface area contributed by atoms with Crippen LogP contribution >= 0.6 is 0 Å². The van der Waals surface area contributed by atoms with E-state index in [1.165, 1.54) is 0 Å². The van der Waals surface area contributed by atoms with Crippen molar-refractivity contribution in [1.29, 1.82) is 0 Å². The van der Waals surface area contributed by atoms with Crippen molar-refractivity contribution in [1.82, 2.24) is 5.32 Å². The molecule has 0 saturated carbocycles. The van der Waals surface area contributed by atoms with Gasteiger partial charge >= 0.3 is 6.03 Å². The minimum Gasteiger partial charge on any atom is -0.464 e.